The highest BCUT2D eigenvalue weighted by molar-refractivity contribution is 14.1. The van der Waals surface area contributed by atoms with Gasteiger partial charge in [0.25, 0.3) is 5.91 Å². The molecule has 3 rings (SSSR count). The van der Waals surface area contributed by atoms with E-state index < -0.39 is 0 Å². The van der Waals surface area contributed by atoms with E-state index >= 15 is 0 Å². The van der Waals surface area contributed by atoms with E-state index in [1.807, 2.05) is 23.6 Å². The first-order valence-electron chi connectivity index (χ1n) is 7.27. The van der Waals surface area contributed by atoms with Crippen molar-refractivity contribution < 1.29 is 4.79 Å². The first-order chi connectivity index (χ1) is 11.2. The summed E-state index contributed by atoms with van der Waals surface area (Å²) in [6, 6.07) is 15.8. The molecule has 0 saturated carbocycles. The lowest BCUT2D eigenvalue weighted by Crippen LogP contribution is -2.11. The number of aryl methyl sites for hydroxylation is 1. The maximum atomic E-state index is 12.2. The smallest absolute Gasteiger partial charge is 0.257 e. The minimum absolute atomic E-state index is 0.134. The van der Waals surface area contributed by atoms with Crippen LogP contribution >= 0.6 is 33.9 Å². The average Bonchev–Trinajstić information content (AvgIpc) is 3.03. The maximum Gasteiger partial charge on any atom is 0.257 e. The molecule has 0 saturated heterocycles. The average molecular weight is 434 g/mol. The second-order valence-electron chi connectivity index (χ2n) is 5.05. The second kappa shape index (κ2) is 7.23. The topological polar surface area (TPSA) is 42.0 Å². The van der Waals surface area contributed by atoms with Gasteiger partial charge >= 0.3 is 0 Å². The van der Waals surface area contributed by atoms with Crippen molar-refractivity contribution in [2.45, 2.75) is 13.3 Å². The van der Waals surface area contributed by atoms with E-state index in [1.165, 1.54) is 16.9 Å². The monoisotopic (exact) mass is 434 g/mol. The zero-order valence-corrected chi connectivity index (χ0v) is 15.5. The van der Waals surface area contributed by atoms with E-state index in [1.54, 1.807) is 6.07 Å². The molecule has 3 aromatic rings. The molecule has 0 spiro atoms. The number of anilines is 1. The van der Waals surface area contributed by atoms with Gasteiger partial charge in [-0.1, -0.05) is 37.3 Å². The highest BCUT2D eigenvalue weighted by Crippen LogP contribution is 2.25. The van der Waals surface area contributed by atoms with Crippen molar-refractivity contribution in [3.05, 3.63) is 68.6 Å². The van der Waals surface area contributed by atoms with Crippen molar-refractivity contribution in [3.63, 3.8) is 0 Å². The molecule has 0 aliphatic heterocycles. The molecule has 0 unspecified atom stereocenters. The molecule has 0 bridgehead atoms. The Morgan fingerprint density at radius 2 is 2.00 bits per heavy atom. The van der Waals surface area contributed by atoms with Gasteiger partial charge in [-0.3, -0.25) is 10.1 Å². The highest BCUT2D eigenvalue weighted by atomic mass is 127. The summed E-state index contributed by atoms with van der Waals surface area (Å²) < 4.78 is 1.03. The summed E-state index contributed by atoms with van der Waals surface area (Å²) in [7, 11) is 0. The normalized spacial score (nSPS) is 10.5. The van der Waals surface area contributed by atoms with E-state index in [9.17, 15) is 4.79 Å². The summed E-state index contributed by atoms with van der Waals surface area (Å²) in [5.74, 6) is -0.134. The van der Waals surface area contributed by atoms with E-state index in [0.29, 0.717) is 10.7 Å². The summed E-state index contributed by atoms with van der Waals surface area (Å²) in [4.78, 5) is 16.8. The van der Waals surface area contributed by atoms with Gasteiger partial charge in [0.05, 0.1) is 5.69 Å². The largest absolute Gasteiger partial charge is 0.298 e. The summed E-state index contributed by atoms with van der Waals surface area (Å²) in [5, 5.41) is 5.44. The molecule has 0 radical (unpaired) electrons. The van der Waals surface area contributed by atoms with E-state index in [2.05, 4.69) is 64.1 Å². The summed E-state index contributed by atoms with van der Waals surface area (Å²) >= 11 is 3.63. The van der Waals surface area contributed by atoms with Crippen LogP contribution in [-0.2, 0) is 6.42 Å². The third-order valence-corrected chi connectivity index (χ3v) is 4.90. The Hall–Kier alpha value is -1.73. The number of halogens is 1. The number of amides is 1. The van der Waals surface area contributed by atoms with E-state index in [0.717, 1.165) is 21.2 Å². The first-order valence-corrected chi connectivity index (χ1v) is 9.23. The van der Waals surface area contributed by atoms with Crippen LogP contribution in [0.25, 0.3) is 11.3 Å². The standard InChI is InChI=1S/C18H15IN2OS/c1-2-12-6-8-13(9-7-12)16-11-23-18(20-16)21-17(22)14-4-3-5-15(19)10-14/h3-11H,2H2,1H3,(H,20,21,22). The lowest BCUT2D eigenvalue weighted by Gasteiger charge is -2.02. The van der Waals surface area contributed by atoms with Crippen LogP contribution in [0.4, 0.5) is 5.13 Å². The summed E-state index contributed by atoms with van der Waals surface area (Å²) in [6.07, 6.45) is 1.02. The minimum Gasteiger partial charge on any atom is -0.298 e. The van der Waals surface area contributed by atoms with Crippen LogP contribution in [0.3, 0.4) is 0 Å². The van der Waals surface area contributed by atoms with Crippen molar-refractivity contribution in [3.8, 4) is 11.3 Å². The lowest BCUT2D eigenvalue weighted by atomic mass is 10.1. The Morgan fingerprint density at radius 1 is 1.22 bits per heavy atom. The van der Waals surface area contributed by atoms with Crippen LogP contribution in [0.5, 0.6) is 0 Å². The molecule has 1 heterocycles. The molecule has 2 aromatic carbocycles. The van der Waals surface area contributed by atoms with Gasteiger partial charge in [0.1, 0.15) is 0 Å². The molecule has 23 heavy (non-hydrogen) atoms. The molecule has 0 aliphatic carbocycles. The third kappa shape index (κ3) is 3.97. The number of benzene rings is 2. The van der Waals surface area contributed by atoms with Crippen LogP contribution in [0.2, 0.25) is 0 Å². The number of thiazole rings is 1. The van der Waals surface area contributed by atoms with Crippen molar-refractivity contribution in [1.82, 2.24) is 4.98 Å². The molecule has 1 N–H and O–H groups in total. The van der Waals surface area contributed by atoms with Crippen molar-refractivity contribution in [2.75, 3.05) is 5.32 Å². The Bertz CT molecular complexity index is 827. The Balaban J connectivity index is 1.75. The lowest BCUT2D eigenvalue weighted by molar-refractivity contribution is 0.102. The SMILES string of the molecule is CCc1ccc(-c2csc(NC(=O)c3cccc(I)c3)n2)cc1. The van der Waals surface area contributed by atoms with Gasteiger partial charge in [-0.05, 0) is 52.8 Å². The Morgan fingerprint density at radius 3 is 2.70 bits per heavy atom. The molecule has 1 amide bonds. The number of hydrogen-bond acceptors (Lipinski definition) is 3. The van der Waals surface area contributed by atoms with Gasteiger partial charge in [-0.2, -0.15) is 0 Å². The molecule has 3 nitrogen and oxygen atoms in total. The fourth-order valence-electron chi connectivity index (χ4n) is 2.17. The van der Waals surface area contributed by atoms with Gasteiger partial charge in [0.2, 0.25) is 0 Å². The van der Waals surface area contributed by atoms with Crippen LogP contribution < -0.4 is 5.32 Å². The number of carbonyl (C=O) groups is 1. The number of nitrogens with zero attached hydrogens (tertiary/aromatic N) is 1. The van der Waals surface area contributed by atoms with Gasteiger partial charge in [-0.25, -0.2) is 4.98 Å². The van der Waals surface area contributed by atoms with Gasteiger partial charge in [0.15, 0.2) is 5.13 Å². The molecule has 5 heteroatoms. The van der Waals surface area contributed by atoms with Crippen LogP contribution in [0.1, 0.15) is 22.8 Å². The summed E-state index contributed by atoms with van der Waals surface area (Å²) in [6.45, 7) is 2.14. The fourth-order valence-corrected chi connectivity index (χ4v) is 3.43. The van der Waals surface area contributed by atoms with Crippen LogP contribution in [0, 0.1) is 3.57 Å². The van der Waals surface area contributed by atoms with Crippen LogP contribution in [0.15, 0.2) is 53.9 Å². The number of aromatic nitrogens is 1. The quantitative estimate of drug-likeness (QED) is 0.572. The second-order valence-corrected chi connectivity index (χ2v) is 7.16. The minimum atomic E-state index is -0.134. The zero-order chi connectivity index (χ0) is 16.2. The van der Waals surface area contributed by atoms with Gasteiger partial charge in [0, 0.05) is 20.1 Å². The molecule has 0 aliphatic rings. The molecule has 116 valence electrons. The zero-order valence-electron chi connectivity index (χ0n) is 12.5. The molecular formula is C18H15IN2OS. The number of rotatable bonds is 4. The Labute approximate surface area is 152 Å². The Kier molecular flexibility index (Phi) is 5.07. The fraction of sp³-hybridized carbons (Fsp3) is 0.111. The number of nitrogens with one attached hydrogen (secondary N) is 1. The predicted molar refractivity (Wildman–Crippen MR) is 104 cm³/mol. The number of hydrogen-bond donors (Lipinski definition) is 1. The molecule has 0 atom stereocenters. The van der Waals surface area contributed by atoms with Crippen molar-refractivity contribution in [2.24, 2.45) is 0 Å². The van der Waals surface area contributed by atoms with Crippen molar-refractivity contribution in [1.29, 1.82) is 0 Å². The predicted octanol–water partition coefficient (Wildman–Crippen LogP) is 5.23. The third-order valence-electron chi connectivity index (χ3n) is 3.47. The van der Waals surface area contributed by atoms with Gasteiger partial charge in [-0.15, -0.1) is 11.3 Å². The van der Waals surface area contributed by atoms with Crippen molar-refractivity contribution >= 4 is 45.0 Å². The molecule has 1 aromatic heterocycles. The number of carbonyl (C=O) groups excluding carboxylic acids is 1. The molecular weight excluding hydrogens is 419 g/mol. The summed E-state index contributed by atoms with van der Waals surface area (Å²) in [5.41, 5.74) is 3.89. The maximum absolute atomic E-state index is 12.2. The molecule has 0 fully saturated rings. The van der Waals surface area contributed by atoms with Crippen LogP contribution in [-0.4, -0.2) is 10.9 Å². The highest BCUT2D eigenvalue weighted by Gasteiger charge is 2.10. The van der Waals surface area contributed by atoms with E-state index in [4.69, 9.17) is 0 Å². The first kappa shape index (κ1) is 16.1. The van der Waals surface area contributed by atoms with E-state index in [-0.39, 0.29) is 5.91 Å². The van der Waals surface area contributed by atoms with Gasteiger partial charge < -0.3 is 0 Å².